The number of carbonyl (C=O) groups excluding carboxylic acids is 3. The van der Waals surface area contributed by atoms with Gasteiger partial charge in [0, 0.05) is 51.7 Å². The fraction of sp³-hybridized carbons (Fsp3) is 0.400. The Morgan fingerprint density at radius 1 is 0.793 bits per heavy atom. The Kier molecular flexibility index (Phi) is 5.57. The van der Waals surface area contributed by atoms with E-state index in [2.05, 4.69) is 4.98 Å². The van der Waals surface area contributed by atoms with E-state index in [4.69, 9.17) is 9.15 Å². The van der Waals surface area contributed by atoms with Gasteiger partial charge in [0.05, 0.1) is 30.6 Å². The number of ether oxygens (including phenoxy) is 1. The molecule has 152 valence electrons. The van der Waals surface area contributed by atoms with Crippen LogP contribution in [0.3, 0.4) is 0 Å². The average molecular weight is 398 g/mol. The smallest absolute Gasteiger partial charge is 0.289 e. The van der Waals surface area contributed by atoms with Crippen molar-refractivity contribution in [3.63, 3.8) is 0 Å². The minimum absolute atomic E-state index is 0.149. The van der Waals surface area contributed by atoms with Gasteiger partial charge >= 0.3 is 0 Å². The van der Waals surface area contributed by atoms with Gasteiger partial charge in [0.2, 0.25) is 0 Å². The van der Waals surface area contributed by atoms with E-state index in [-0.39, 0.29) is 17.7 Å². The number of rotatable bonds is 3. The molecule has 29 heavy (non-hydrogen) atoms. The van der Waals surface area contributed by atoms with Gasteiger partial charge in [0.25, 0.3) is 17.7 Å². The molecule has 0 unspecified atom stereocenters. The molecule has 0 aromatic carbocycles. The summed E-state index contributed by atoms with van der Waals surface area (Å²) in [7, 11) is 0. The molecule has 0 bridgehead atoms. The van der Waals surface area contributed by atoms with Gasteiger partial charge in [-0.25, -0.2) is 0 Å². The van der Waals surface area contributed by atoms with Crippen molar-refractivity contribution in [1.29, 1.82) is 0 Å². The minimum Gasteiger partial charge on any atom is -0.459 e. The molecule has 0 saturated carbocycles. The highest BCUT2D eigenvalue weighted by molar-refractivity contribution is 5.99. The second-order valence-corrected chi connectivity index (χ2v) is 6.93. The first-order valence-corrected chi connectivity index (χ1v) is 9.57. The van der Waals surface area contributed by atoms with E-state index in [0.29, 0.717) is 69.4 Å². The standard InChI is InChI=1S/C20H22N4O5/c25-18(22-3-5-23(6-4-22)20(27)17-2-1-9-29-17)15-12-16(14-21-13-15)19(26)24-7-10-28-11-8-24/h1-2,9,12-14H,3-8,10-11H2. The molecular weight excluding hydrogens is 376 g/mol. The van der Waals surface area contributed by atoms with Gasteiger partial charge < -0.3 is 23.9 Å². The molecule has 2 aromatic rings. The third-order valence-corrected chi connectivity index (χ3v) is 5.12. The summed E-state index contributed by atoms with van der Waals surface area (Å²) < 4.78 is 10.4. The SMILES string of the molecule is O=C(c1cncc(C(=O)N2CCN(C(=O)c3ccco3)CC2)c1)N1CCOCC1. The fourth-order valence-electron chi connectivity index (χ4n) is 3.47. The molecule has 0 aliphatic carbocycles. The van der Waals surface area contributed by atoms with Crippen molar-refractivity contribution in [1.82, 2.24) is 19.7 Å². The lowest BCUT2D eigenvalue weighted by Gasteiger charge is -2.34. The van der Waals surface area contributed by atoms with E-state index < -0.39 is 0 Å². The van der Waals surface area contributed by atoms with Gasteiger partial charge in [-0.05, 0) is 18.2 Å². The Bertz CT molecular complexity index is 884. The maximum absolute atomic E-state index is 12.9. The molecule has 9 nitrogen and oxygen atoms in total. The number of furan rings is 1. The number of nitrogens with zero attached hydrogens (tertiary/aromatic N) is 4. The monoisotopic (exact) mass is 398 g/mol. The Hall–Kier alpha value is -3.20. The molecule has 2 aromatic heterocycles. The molecule has 3 amide bonds. The Morgan fingerprint density at radius 3 is 1.90 bits per heavy atom. The lowest BCUT2D eigenvalue weighted by molar-refractivity contribution is 0.0302. The molecule has 2 fully saturated rings. The highest BCUT2D eigenvalue weighted by Gasteiger charge is 2.27. The second-order valence-electron chi connectivity index (χ2n) is 6.93. The highest BCUT2D eigenvalue weighted by Crippen LogP contribution is 2.14. The van der Waals surface area contributed by atoms with E-state index in [1.54, 1.807) is 32.9 Å². The van der Waals surface area contributed by atoms with Gasteiger partial charge in [0.1, 0.15) is 0 Å². The van der Waals surface area contributed by atoms with Crippen LogP contribution in [0.15, 0.2) is 41.3 Å². The predicted octanol–water partition coefficient (Wildman–Crippen LogP) is 0.745. The van der Waals surface area contributed by atoms with Crippen LogP contribution in [0, 0.1) is 0 Å². The number of aromatic nitrogens is 1. The van der Waals surface area contributed by atoms with Crippen molar-refractivity contribution < 1.29 is 23.5 Å². The molecule has 2 aliphatic heterocycles. The Labute approximate surface area is 167 Å². The van der Waals surface area contributed by atoms with E-state index in [0.717, 1.165) is 0 Å². The van der Waals surface area contributed by atoms with E-state index >= 15 is 0 Å². The zero-order valence-corrected chi connectivity index (χ0v) is 16.0. The lowest BCUT2D eigenvalue weighted by atomic mass is 10.1. The number of hydrogen-bond acceptors (Lipinski definition) is 6. The van der Waals surface area contributed by atoms with Crippen molar-refractivity contribution in [3.8, 4) is 0 Å². The summed E-state index contributed by atoms with van der Waals surface area (Å²) in [5.41, 5.74) is 0.763. The van der Waals surface area contributed by atoms with Crippen molar-refractivity contribution in [3.05, 3.63) is 53.7 Å². The molecule has 2 saturated heterocycles. The number of piperazine rings is 1. The summed E-state index contributed by atoms with van der Waals surface area (Å²) in [6, 6.07) is 4.89. The molecule has 0 atom stereocenters. The first-order chi connectivity index (χ1) is 14.1. The zero-order chi connectivity index (χ0) is 20.2. The third-order valence-electron chi connectivity index (χ3n) is 5.12. The number of carbonyl (C=O) groups is 3. The second kappa shape index (κ2) is 8.44. The van der Waals surface area contributed by atoms with Gasteiger partial charge in [-0.1, -0.05) is 0 Å². The first kappa shape index (κ1) is 19.1. The molecule has 0 radical (unpaired) electrons. The van der Waals surface area contributed by atoms with Crippen LogP contribution in [0.25, 0.3) is 0 Å². The average Bonchev–Trinajstić information content (AvgIpc) is 3.33. The van der Waals surface area contributed by atoms with Gasteiger partial charge in [-0.15, -0.1) is 0 Å². The van der Waals surface area contributed by atoms with Gasteiger partial charge in [0.15, 0.2) is 5.76 Å². The summed E-state index contributed by atoms with van der Waals surface area (Å²) in [4.78, 5) is 47.0. The number of amides is 3. The molecule has 9 heteroatoms. The summed E-state index contributed by atoms with van der Waals surface area (Å²) >= 11 is 0. The highest BCUT2D eigenvalue weighted by atomic mass is 16.5. The fourth-order valence-corrected chi connectivity index (χ4v) is 3.47. The largest absolute Gasteiger partial charge is 0.459 e. The molecule has 0 N–H and O–H groups in total. The van der Waals surface area contributed by atoms with Crippen molar-refractivity contribution in [2.24, 2.45) is 0 Å². The summed E-state index contributed by atoms with van der Waals surface area (Å²) in [5, 5.41) is 0. The number of morpholine rings is 1. The summed E-state index contributed by atoms with van der Waals surface area (Å²) in [5.74, 6) is -0.228. The van der Waals surface area contributed by atoms with Crippen LogP contribution in [0.5, 0.6) is 0 Å². The molecule has 4 heterocycles. The quantitative estimate of drug-likeness (QED) is 0.757. The van der Waals surface area contributed by atoms with Crippen LogP contribution >= 0.6 is 0 Å². The van der Waals surface area contributed by atoms with E-state index in [1.807, 2.05) is 0 Å². The summed E-state index contributed by atoms with van der Waals surface area (Å²) in [6.45, 7) is 3.75. The van der Waals surface area contributed by atoms with Crippen LogP contribution in [-0.4, -0.2) is 89.9 Å². The van der Waals surface area contributed by atoms with Crippen LogP contribution in [-0.2, 0) is 4.74 Å². The molecular formula is C20H22N4O5. The van der Waals surface area contributed by atoms with Crippen LogP contribution in [0.1, 0.15) is 31.3 Å². The maximum atomic E-state index is 12.9. The van der Waals surface area contributed by atoms with Crippen molar-refractivity contribution in [2.45, 2.75) is 0 Å². The van der Waals surface area contributed by atoms with E-state index in [1.165, 1.54) is 18.7 Å². The van der Waals surface area contributed by atoms with Gasteiger partial charge in [-0.2, -0.15) is 0 Å². The number of pyridine rings is 1. The molecule has 4 rings (SSSR count). The van der Waals surface area contributed by atoms with Crippen molar-refractivity contribution >= 4 is 17.7 Å². The molecule has 0 spiro atoms. The van der Waals surface area contributed by atoms with Gasteiger partial charge in [-0.3, -0.25) is 19.4 Å². The lowest BCUT2D eigenvalue weighted by Crippen LogP contribution is -2.50. The predicted molar refractivity (Wildman–Crippen MR) is 101 cm³/mol. The Morgan fingerprint density at radius 2 is 1.34 bits per heavy atom. The minimum atomic E-state index is -0.195. The molecule has 2 aliphatic rings. The topological polar surface area (TPSA) is 96.2 Å². The maximum Gasteiger partial charge on any atom is 0.289 e. The van der Waals surface area contributed by atoms with Crippen LogP contribution in [0.2, 0.25) is 0 Å². The van der Waals surface area contributed by atoms with E-state index in [9.17, 15) is 14.4 Å². The van der Waals surface area contributed by atoms with Crippen LogP contribution < -0.4 is 0 Å². The normalized spacial score (nSPS) is 17.3. The Balaban J connectivity index is 1.39. The summed E-state index contributed by atoms with van der Waals surface area (Å²) in [6.07, 6.45) is 4.42. The number of hydrogen-bond donors (Lipinski definition) is 0. The third kappa shape index (κ3) is 4.14. The van der Waals surface area contributed by atoms with Crippen LogP contribution in [0.4, 0.5) is 0 Å². The first-order valence-electron chi connectivity index (χ1n) is 9.57. The van der Waals surface area contributed by atoms with Crippen molar-refractivity contribution in [2.75, 3.05) is 52.5 Å². The zero-order valence-electron chi connectivity index (χ0n) is 16.0.